The molecule has 0 unspecified atom stereocenters. The Morgan fingerprint density at radius 2 is 2.12 bits per heavy atom. The van der Waals surface area contributed by atoms with Crippen molar-refractivity contribution in [2.24, 2.45) is 0 Å². The number of amides is 1. The Morgan fingerprint density at radius 3 is 2.76 bits per heavy atom. The van der Waals surface area contributed by atoms with E-state index in [0.29, 0.717) is 23.6 Å². The Labute approximate surface area is 110 Å². The van der Waals surface area contributed by atoms with E-state index in [4.69, 9.17) is 11.6 Å². The minimum atomic E-state index is -1.23. The average Bonchev–Trinajstić information content (AvgIpc) is 2.30. The number of carbonyl (C=O) groups excluding carboxylic acids is 1. The average molecular weight is 272 g/mol. The minimum absolute atomic E-state index is 0.333. The SMILES string of the molecule is O=C(Nc1cccc(Cl)c1)C1(O)CCSCC1. The molecule has 0 atom stereocenters. The van der Waals surface area contributed by atoms with Gasteiger partial charge in [-0.1, -0.05) is 17.7 Å². The third-order valence-corrected chi connectivity index (χ3v) is 4.05. The van der Waals surface area contributed by atoms with E-state index < -0.39 is 5.60 Å². The van der Waals surface area contributed by atoms with Gasteiger partial charge in [0.15, 0.2) is 0 Å². The number of benzene rings is 1. The number of aliphatic hydroxyl groups is 1. The zero-order chi connectivity index (χ0) is 12.3. The van der Waals surface area contributed by atoms with Gasteiger partial charge in [0.25, 0.3) is 5.91 Å². The van der Waals surface area contributed by atoms with Crippen LogP contribution < -0.4 is 5.32 Å². The van der Waals surface area contributed by atoms with Gasteiger partial charge in [-0.25, -0.2) is 0 Å². The van der Waals surface area contributed by atoms with Crippen LogP contribution in [0.4, 0.5) is 5.69 Å². The molecular formula is C12H14ClNO2S. The van der Waals surface area contributed by atoms with Crippen molar-refractivity contribution >= 4 is 35.0 Å². The molecule has 1 amide bonds. The van der Waals surface area contributed by atoms with E-state index in [1.807, 2.05) is 0 Å². The third-order valence-electron chi connectivity index (χ3n) is 2.83. The number of carbonyl (C=O) groups is 1. The van der Waals surface area contributed by atoms with Gasteiger partial charge >= 0.3 is 0 Å². The molecular weight excluding hydrogens is 258 g/mol. The molecule has 0 radical (unpaired) electrons. The number of halogens is 1. The molecule has 1 aromatic rings. The number of rotatable bonds is 2. The molecule has 1 heterocycles. The smallest absolute Gasteiger partial charge is 0.256 e. The summed E-state index contributed by atoms with van der Waals surface area (Å²) < 4.78 is 0. The summed E-state index contributed by atoms with van der Waals surface area (Å²) in [4.78, 5) is 12.0. The molecule has 2 N–H and O–H groups in total. The number of anilines is 1. The Morgan fingerprint density at radius 1 is 1.41 bits per heavy atom. The molecule has 3 nitrogen and oxygen atoms in total. The highest BCUT2D eigenvalue weighted by atomic mass is 35.5. The maximum absolute atomic E-state index is 12.0. The van der Waals surface area contributed by atoms with Gasteiger partial charge in [0.2, 0.25) is 0 Å². The second kappa shape index (κ2) is 5.29. The summed E-state index contributed by atoms with van der Waals surface area (Å²) in [6, 6.07) is 6.92. The first-order valence-corrected chi connectivity index (χ1v) is 7.01. The van der Waals surface area contributed by atoms with E-state index in [1.165, 1.54) is 0 Å². The maximum atomic E-state index is 12.0. The van der Waals surface area contributed by atoms with Crippen LogP contribution in [0.1, 0.15) is 12.8 Å². The summed E-state index contributed by atoms with van der Waals surface area (Å²) in [5.41, 5.74) is -0.609. The first-order chi connectivity index (χ1) is 8.10. The molecule has 1 aromatic carbocycles. The quantitative estimate of drug-likeness (QED) is 0.869. The summed E-state index contributed by atoms with van der Waals surface area (Å²) in [5, 5.41) is 13.5. The van der Waals surface area contributed by atoms with Crippen molar-refractivity contribution in [1.82, 2.24) is 0 Å². The lowest BCUT2D eigenvalue weighted by atomic mass is 9.95. The first-order valence-electron chi connectivity index (χ1n) is 5.47. The lowest BCUT2D eigenvalue weighted by Gasteiger charge is -2.30. The molecule has 17 heavy (non-hydrogen) atoms. The fourth-order valence-electron chi connectivity index (χ4n) is 1.75. The van der Waals surface area contributed by atoms with Crippen LogP contribution in [-0.2, 0) is 4.79 Å². The molecule has 0 saturated carbocycles. The summed E-state index contributed by atoms with van der Waals surface area (Å²) in [6.45, 7) is 0. The molecule has 0 bridgehead atoms. The molecule has 1 aliphatic rings. The minimum Gasteiger partial charge on any atom is -0.380 e. The number of hydrogen-bond acceptors (Lipinski definition) is 3. The van der Waals surface area contributed by atoms with Crippen LogP contribution in [0, 0.1) is 0 Å². The van der Waals surface area contributed by atoms with Gasteiger partial charge in [-0.05, 0) is 42.5 Å². The molecule has 1 saturated heterocycles. The molecule has 1 fully saturated rings. The number of hydrogen-bond donors (Lipinski definition) is 2. The highest BCUT2D eigenvalue weighted by Gasteiger charge is 2.37. The monoisotopic (exact) mass is 271 g/mol. The zero-order valence-corrected chi connectivity index (χ0v) is 10.9. The second-order valence-electron chi connectivity index (χ2n) is 4.11. The third kappa shape index (κ3) is 3.15. The van der Waals surface area contributed by atoms with Gasteiger partial charge in [0.1, 0.15) is 5.60 Å². The fraction of sp³-hybridized carbons (Fsp3) is 0.417. The number of thioether (sulfide) groups is 1. The maximum Gasteiger partial charge on any atom is 0.256 e. The lowest BCUT2D eigenvalue weighted by Crippen LogP contribution is -2.45. The predicted molar refractivity (Wildman–Crippen MR) is 71.6 cm³/mol. The lowest BCUT2D eigenvalue weighted by molar-refractivity contribution is -0.134. The molecule has 92 valence electrons. The zero-order valence-electron chi connectivity index (χ0n) is 9.28. The van der Waals surface area contributed by atoms with Gasteiger partial charge in [0.05, 0.1) is 0 Å². The van der Waals surface area contributed by atoms with Gasteiger partial charge in [-0.2, -0.15) is 11.8 Å². The van der Waals surface area contributed by atoms with E-state index in [9.17, 15) is 9.90 Å². The van der Waals surface area contributed by atoms with E-state index in [-0.39, 0.29) is 5.91 Å². The van der Waals surface area contributed by atoms with E-state index >= 15 is 0 Å². The van der Waals surface area contributed by atoms with Crippen LogP contribution in [-0.4, -0.2) is 28.1 Å². The highest BCUT2D eigenvalue weighted by Crippen LogP contribution is 2.28. The van der Waals surface area contributed by atoms with Gasteiger partial charge in [0, 0.05) is 10.7 Å². The normalized spacial score (nSPS) is 18.7. The van der Waals surface area contributed by atoms with Gasteiger partial charge in [-0.3, -0.25) is 4.79 Å². The van der Waals surface area contributed by atoms with Crippen LogP contribution in [0.25, 0.3) is 0 Å². The molecule has 1 aliphatic heterocycles. The summed E-state index contributed by atoms with van der Waals surface area (Å²) in [7, 11) is 0. The van der Waals surface area contributed by atoms with Gasteiger partial charge in [-0.15, -0.1) is 0 Å². The topological polar surface area (TPSA) is 49.3 Å². The van der Waals surface area contributed by atoms with E-state index in [0.717, 1.165) is 11.5 Å². The largest absolute Gasteiger partial charge is 0.380 e. The van der Waals surface area contributed by atoms with Crippen molar-refractivity contribution in [2.75, 3.05) is 16.8 Å². The van der Waals surface area contributed by atoms with Crippen molar-refractivity contribution in [3.8, 4) is 0 Å². The predicted octanol–water partition coefficient (Wildman–Crippen LogP) is 2.54. The molecule has 5 heteroatoms. The summed E-state index contributed by atoms with van der Waals surface area (Å²) >= 11 is 7.59. The molecule has 2 rings (SSSR count). The van der Waals surface area contributed by atoms with E-state index in [2.05, 4.69) is 5.32 Å². The van der Waals surface area contributed by atoms with Crippen molar-refractivity contribution in [2.45, 2.75) is 18.4 Å². The Kier molecular flexibility index (Phi) is 3.97. The second-order valence-corrected chi connectivity index (χ2v) is 5.77. The Hall–Kier alpha value is -0.710. The van der Waals surface area contributed by atoms with Crippen LogP contribution in [0.3, 0.4) is 0 Å². The van der Waals surface area contributed by atoms with Crippen LogP contribution in [0.5, 0.6) is 0 Å². The van der Waals surface area contributed by atoms with Crippen molar-refractivity contribution in [3.63, 3.8) is 0 Å². The van der Waals surface area contributed by atoms with Crippen molar-refractivity contribution < 1.29 is 9.90 Å². The van der Waals surface area contributed by atoms with Crippen LogP contribution >= 0.6 is 23.4 Å². The fourth-order valence-corrected chi connectivity index (χ4v) is 3.11. The Balaban J connectivity index is 2.05. The molecule has 0 aliphatic carbocycles. The number of nitrogens with one attached hydrogen (secondary N) is 1. The van der Waals surface area contributed by atoms with E-state index in [1.54, 1.807) is 36.0 Å². The summed E-state index contributed by atoms with van der Waals surface area (Å²) in [6.07, 6.45) is 1.01. The first kappa shape index (κ1) is 12.7. The molecule has 0 aromatic heterocycles. The molecule has 0 spiro atoms. The summed E-state index contributed by atoms with van der Waals surface area (Å²) in [5.74, 6) is 1.30. The van der Waals surface area contributed by atoms with Gasteiger partial charge < -0.3 is 10.4 Å². The van der Waals surface area contributed by atoms with Crippen molar-refractivity contribution in [1.29, 1.82) is 0 Å². The van der Waals surface area contributed by atoms with Crippen molar-refractivity contribution in [3.05, 3.63) is 29.3 Å². The van der Waals surface area contributed by atoms with Crippen LogP contribution in [0.15, 0.2) is 24.3 Å². The highest BCUT2D eigenvalue weighted by molar-refractivity contribution is 7.99. The van der Waals surface area contributed by atoms with Crippen LogP contribution in [0.2, 0.25) is 5.02 Å². The Bertz CT molecular complexity index is 419. The standard InChI is InChI=1S/C12H14ClNO2S/c13-9-2-1-3-10(8-9)14-11(15)12(16)4-6-17-7-5-12/h1-3,8,16H,4-7H2,(H,14,15).